The lowest BCUT2D eigenvalue weighted by atomic mass is 9.90. The summed E-state index contributed by atoms with van der Waals surface area (Å²) >= 11 is 5.69. The molecule has 1 aromatic carbocycles. The molecule has 1 aromatic rings. The Kier molecular flexibility index (Phi) is 4.91. The molecule has 102 valence electrons. The van der Waals surface area contributed by atoms with Crippen LogP contribution in [-0.4, -0.2) is 12.4 Å². The molecular formula is C13H17ClF3N. The maximum absolute atomic E-state index is 12.4. The zero-order valence-electron chi connectivity index (χ0n) is 10.4. The van der Waals surface area contributed by atoms with Crippen LogP contribution in [0, 0.1) is 5.41 Å². The van der Waals surface area contributed by atoms with Gasteiger partial charge in [0.05, 0.1) is 5.56 Å². The van der Waals surface area contributed by atoms with Gasteiger partial charge >= 0.3 is 6.18 Å². The van der Waals surface area contributed by atoms with Crippen molar-refractivity contribution in [2.75, 3.05) is 17.7 Å². The van der Waals surface area contributed by atoms with Gasteiger partial charge in [0, 0.05) is 18.1 Å². The van der Waals surface area contributed by atoms with Gasteiger partial charge in [0.15, 0.2) is 0 Å². The summed E-state index contributed by atoms with van der Waals surface area (Å²) < 4.78 is 37.1. The van der Waals surface area contributed by atoms with Crippen molar-refractivity contribution in [2.24, 2.45) is 5.41 Å². The molecule has 18 heavy (non-hydrogen) atoms. The van der Waals surface area contributed by atoms with Crippen LogP contribution in [0.25, 0.3) is 0 Å². The predicted molar refractivity (Wildman–Crippen MR) is 69.1 cm³/mol. The molecule has 0 aliphatic rings. The molecule has 0 fully saturated rings. The molecule has 0 saturated carbocycles. The van der Waals surface area contributed by atoms with E-state index in [2.05, 4.69) is 19.2 Å². The van der Waals surface area contributed by atoms with Crippen LogP contribution in [0.15, 0.2) is 24.3 Å². The second-order valence-electron chi connectivity index (χ2n) is 5.03. The van der Waals surface area contributed by atoms with Gasteiger partial charge in [-0.2, -0.15) is 13.2 Å². The van der Waals surface area contributed by atoms with E-state index < -0.39 is 11.7 Å². The van der Waals surface area contributed by atoms with E-state index in [-0.39, 0.29) is 5.41 Å². The standard InChI is InChI=1S/C13H17ClF3N/c1-12(2,7-8-14)9-18-11-5-3-10(4-6-11)13(15,16)17/h3-6,18H,7-9H2,1-2H3. The maximum atomic E-state index is 12.4. The Balaban J connectivity index is 2.60. The smallest absolute Gasteiger partial charge is 0.385 e. The van der Waals surface area contributed by atoms with Crippen molar-refractivity contribution in [2.45, 2.75) is 26.4 Å². The molecule has 0 saturated heterocycles. The van der Waals surface area contributed by atoms with Crippen molar-refractivity contribution in [1.29, 1.82) is 0 Å². The summed E-state index contributed by atoms with van der Waals surface area (Å²) in [6.07, 6.45) is -3.43. The van der Waals surface area contributed by atoms with E-state index in [1.165, 1.54) is 12.1 Å². The number of alkyl halides is 4. The lowest BCUT2D eigenvalue weighted by molar-refractivity contribution is -0.137. The number of halogens is 4. The highest BCUT2D eigenvalue weighted by Gasteiger charge is 2.29. The normalized spacial score (nSPS) is 12.6. The van der Waals surface area contributed by atoms with Crippen LogP contribution in [0.5, 0.6) is 0 Å². The van der Waals surface area contributed by atoms with Gasteiger partial charge in [0.25, 0.3) is 0 Å². The van der Waals surface area contributed by atoms with Gasteiger partial charge in [-0.15, -0.1) is 11.6 Å². The topological polar surface area (TPSA) is 12.0 Å². The molecule has 0 heterocycles. The van der Waals surface area contributed by atoms with Crippen LogP contribution < -0.4 is 5.32 Å². The van der Waals surface area contributed by atoms with Crippen molar-refractivity contribution < 1.29 is 13.2 Å². The molecular weight excluding hydrogens is 263 g/mol. The minimum atomic E-state index is -4.28. The molecule has 1 nitrogen and oxygen atoms in total. The molecule has 0 amide bonds. The molecule has 0 radical (unpaired) electrons. The third kappa shape index (κ3) is 4.77. The molecule has 0 atom stereocenters. The fourth-order valence-corrected chi connectivity index (χ4v) is 1.97. The summed E-state index contributed by atoms with van der Waals surface area (Å²) in [7, 11) is 0. The van der Waals surface area contributed by atoms with Crippen LogP contribution in [0.1, 0.15) is 25.8 Å². The molecule has 0 aromatic heterocycles. The number of hydrogen-bond donors (Lipinski definition) is 1. The second-order valence-corrected chi connectivity index (χ2v) is 5.41. The molecule has 0 aliphatic carbocycles. The van der Waals surface area contributed by atoms with Gasteiger partial charge in [0.1, 0.15) is 0 Å². The SMILES string of the molecule is CC(C)(CCCl)CNc1ccc(C(F)(F)F)cc1. The summed E-state index contributed by atoms with van der Waals surface area (Å²) in [6.45, 7) is 4.80. The van der Waals surface area contributed by atoms with Crippen LogP contribution in [-0.2, 0) is 6.18 Å². The predicted octanol–water partition coefficient (Wildman–Crippen LogP) is 4.77. The van der Waals surface area contributed by atoms with Crippen molar-refractivity contribution in [3.05, 3.63) is 29.8 Å². The molecule has 0 bridgehead atoms. The highest BCUT2D eigenvalue weighted by molar-refractivity contribution is 6.17. The molecule has 1 N–H and O–H groups in total. The third-order valence-electron chi connectivity index (χ3n) is 2.75. The number of rotatable bonds is 5. The Labute approximate surface area is 110 Å². The van der Waals surface area contributed by atoms with Crippen molar-refractivity contribution in [3.8, 4) is 0 Å². The van der Waals surface area contributed by atoms with Gasteiger partial charge in [-0.1, -0.05) is 13.8 Å². The lowest BCUT2D eigenvalue weighted by Crippen LogP contribution is -2.23. The first-order valence-corrected chi connectivity index (χ1v) is 6.25. The van der Waals surface area contributed by atoms with Crippen LogP contribution in [0.3, 0.4) is 0 Å². The maximum Gasteiger partial charge on any atom is 0.416 e. The average Bonchev–Trinajstić information content (AvgIpc) is 2.26. The van der Waals surface area contributed by atoms with Gasteiger partial charge in [-0.25, -0.2) is 0 Å². The van der Waals surface area contributed by atoms with Gasteiger partial charge in [-0.3, -0.25) is 0 Å². The number of benzene rings is 1. The first kappa shape index (κ1) is 15.2. The minimum Gasteiger partial charge on any atom is -0.385 e. The Bertz CT molecular complexity index is 371. The number of hydrogen-bond acceptors (Lipinski definition) is 1. The Hall–Kier alpha value is -0.900. The zero-order valence-corrected chi connectivity index (χ0v) is 11.2. The monoisotopic (exact) mass is 279 g/mol. The van der Waals surface area contributed by atoms with Gasteiger partial charge in [-0.05, 0) is 36.1 Å². The average molecular weight is 280 g/mol. The van der Waals surface area contributed by atoms with Gasteiger partial charge in [0.2, 0.25) is 0 Å². The molecule has 5 heteroatoms. The van der Waals surface area contributed by atoms with Crippen LogP contribution in [0.2, 0.25) is 0 Å². The van der Waals surface area contributed by atoms with Crippen LogP contribution in [0.4, 0.5) is 18.9 Å². The molecule has 0 aliphatic heterocycles. The molecule has 1 rings (SSSR count). The van der Waals surface area contributed by atoms with Crippen LogP contribution >= 0.6 is 11.6 Å². The third-order valence-corrected chi connectivity index (χ3v) is 2.94. The first-order valence-electron chi connectivity index (χ1n) is 5.72. The second kappa shape index (κ2) is 5.83. The Morgan fingerprint density at radius 3 is 2.11 bits per heavy atom. The molecule has 0 unspecified atom stereocenters. The highest BCUT2D eigenvalue weighted by Crippen LogP contribution is 2.30. The van der Waals surface area contributed by atoms with Crippen molar-refractivity contribution in [3.63, 3.8) is 0 Å². The highest BCUT2D eigenvalue weighted by atomic mass is 35.5. The Morgan fingerprint density at radius 1 is 1.11 bits per heavy atom. The summed E-state index contributed by atoms with van der Waals surface area (Å²) in [4.78, 5) is 0. The zero-order chi connectivity index (χ0) is 13.8. The van der Waals surface area contributed by atoms with Crippen molar-refractivity contribution >= 4 is 17.3 Å². The first-order chi connectivity index (χ1) is 8.24. The summed E-state index contributed by atoms with van der Waals surface area (Å²) in [5, 5.41) is 3.12. The number of nitrogens with one attached hydrogen (secondary N) is 1. The number of anilines is 1. The van der Waals surface area contributed by atoms with E-state index in [1.54, 1.807) is 0 Å². The summed E-state index contributed by atoms with van der Waals surface area (Å²) in [5.74, 6) is 0.571. The minimum absolute atomic E-state index is 0.0183. The Morgan fingerprint density at radius 2 is 1.67 bits per heavy atom. The lowest BCUT2D eigenvalue weighted by Gasteiger charge is -2.24. The van der Waals surface area contributed by atoms with Gasteiger partial charge < -0.3 is 5.32 Å². The van der Waals surface area contributed by atoms with E-state index in [0.717, 1.165) is 18.6 Å². The van der Waals surface area contributed by atoms with E-state index in [1.807, 2.05) is 0 Å². The summed E-state index contributed by atoms with van der Waals surface area (Å²) in [5.41, 5.74) is 0.0727. The fourth-order valence-electron chi connectivity index (χ4n) is 1.46. The van der Waals surface area contributed by atoms with E-state index in [4.69, 9.17) is 11.6 Å². The summed E-state index contributed by atoms with van der Waals surface area (Å²) in [6, 6.07) is 5.05. The van der Waals surface area contributed by atoms with Crippen molar-refractivity contribution in [1.82, 2.24) is 0 Å². The van der Waals surface area contributed by atoms with E-state index >= 15 is 0 Å². The van der Waals surface area contributed by atoms with E-state index in [0.29, 0.717) is 18.1 Å². The molecule has 0 spiro atoms. The largest absolute Gasteiger partial charge is 0.416 e. The quantitative estimate of drug-likeness (QED) is 0.766. The van der Waals surface area contributed by atoms with E-state index in [9.17, 15) is 13.2 Å². The fraction of sp³-hybridized carbons (Fsp3) is 0.538.